The molecule has 8 nitrogen and oxygen atoms in total. The van der Waals surface area contributed by atoms with Crippen molar-refractivity contribution in [3.05, 3.63) is 35.3 Å². The Morgan fingerprint density at radius 3 is 2.69 bits per heavy atom. The minimum absolute atomic E-state index is 0.0307. The number of carbonyl (C=O) groups excluding carboxylic acids is 3. The van der Waals surface area contributed by atoms with E-state index in [2.05, 4.69) is 15.6 Å². The Morgan fingerprint density at radius 1 is 1.23 bits per heavy atom. The standard InChI is InChI=1S/C26H26F5N5O3/c27-14-5-17(22(28)29)16-7-20(35-19(16)6-14)25(39)36-11-13-8-26(30,31)9-18(13)21(36)24(38)34-15(10-32)4-12-2-1-3-33-23(12)37/h5-7,12-13,15,18,21-22,35H,1-4,8-9,11H2,(H,33,37)(H,34,38)/t12-,13-,15-,18-,21-/m0/s1. The van der Waals surface area contributed by atoms with Crippen LogP contribution >= 0.6 is 0 Å². The molecule has 0 radical (unpaired) electrons. The average molecular weight is 552 g/mol. The lowest BCUT2D eigenvalue weighted by Crippen LogP contribution is -2.52. The Kier molecular flexibility index (Phi) is 6.99. The number of amides is 3. The quantitative estimate of drug-likeness (QED) is 0.475. The molecule has 3 N–H and O–H groups in total. The number of piperidine rings is 1. The normalized spacial score (nSPS) is 26.8. The fourth-order valence-corrected chi connectivity index (χ4v) is 6.27. The van der Waals surface area contributed by atoms with Gasteiger partial charge in [0.1, 0.15) is 23.6 Å². The molecule has 5 rings (SSSR count). The first-order valence-electron chi connectivity index (χ1n) is 12.7. The molecule has 0 bridgehead atoms. The number of hydrogen-bond donors (Lipinski definition) is 3. The van der Waals surface area contributed by atoms with Crippen molar-refractivity contribution in [3.8, 4) is 6.07 Å². The van der Waals surface area contributed by atoms with E-state index in [-0.39, 0.29) is 35.5 Å². The number of nitriles is 1. The number of likely N-dealkylation sites (tertiary alicyclic amines) is 1. The molecule has 3 amide bonds. The topological polar surface area (TPSA) is 118 Å². The lowest BCUT2D eigenvalue weighted by molar-refractivity contribution is -0.129. The fourth-order valence-electron chi connectivity index (χ4n) is 6.27. The van der Waals surface area contributed by atoms with Crippen LogP contribution in [0.2, 0.25) is 0 Å². The Morgan fingerprint density at radius 2 is 2.00 bits per heavy atom. The molecule has 1 saturated carbocycles. The van der Waals surface area contributed by atoms with Gasteiger partial charge in [-0.2, -0.15) is 5.26 Å². The third kappa shape index (κ3) is 5.16. The van der Waals surface area contributed by atoms with E-state index in [1.807, 2.05) is 6.07 Å². The van der Waals surface area contributed by atoms with Crippen LogP contribution in [-0.4, -0.2) is 58.7 Å². The van der Waals surface area contributed by atoms with E-state index in [9.17, 15) is 41.6 Å². The third-order valence-corrected chi connectivity index (χ3v) is 7.99. The number of alkyl halides is 4. The van der Waals surface area contributed by atoms with Crippen LogP contribution in [0.3, 0.4) is 0 Å². The van der Waals surface area contributed by atoms with Gasteiger partial charge < -0.3 is 20.5 Å². The highest BCUT2D eigenvalue weighted by atomic mass is 19.3. The van der Waals surface area contributed by atoms with Crippen molar-refractivity contribution in [2.45, 2.75) is 56.5 Å². The molecule has 0 unspecified atom stereocenters. The molecule has 5 atom stereocenters. The molecule has 2 aliphatic heterocycles. The van der Waals surface area contributed by atoms with Crippen LogP contribution in [-0.2, 0) is 9.59 Å². The number of fused-ring (bicyclic) bond motifs is 2. The van der Waals surface area contributed by atoms with Crippen LogP contribution in [0.5, 0.6) is 0 Å². The zero-order chi connectivity index (χ0) is 28.1. The van der Waals surface area contributed by atoms with Crippen LogP contribution in [0.1, 0.15) is 54.6 Å². The Hall–Kier alpha value is -3.69. The summed E-state index contributed by atoms with van der Waals surface area (Å²) in [6.07, 6.45) is -2.88. The summed E-state index contributed by atoms with van der Waals surface area (Å²) in [6.45, 7) is 0.347. The van der Waals surface area contributed by atoms with Crippen molar-refractivity contribution >= 4 is 28.6 Å². The summed E-state index contributed by atoms with van der Waals surface area (Å²) in [7, 11) is 0. The second-order valence-corrected chi connectivity index (χ2v) is 10.6. The van der Waals surface area contributed by atoms with Gasteiger partial charge in [-0.05, 0) is 49.3 Å². The third-order valence-electron chi connectivity index (χ3n) is 7.99. The molecule has 3 fully saturated rings. The maximum Gasteiger partial charge on any atom is 0.271 e. The fraction of sp³-hybridized carbons (Fsp3) is 0.538. The molecule has 3 heterocycles. The van der Waals surface area contributed by atoms with Crippen molar-refractivity contribution in [1.29, 1.82) is 5.26 Å². The number of rotatable bonds is 6. The van der Waals surface area contributed by atoms with Gasteiger partial charge in [0.15, 0.2) is 0 Å². The highest BCUT2D eigenvalue weighted by Gasteiger charge is 2.58. The minimum atomic E-state index is -3.03. The van der Waals surface area contributed by atoms with Gasteiger partial charge in [-0.15, -0.1) is 0 Å². The number of nitrogens with zero attached hydrogens (tertiary/aromatic N) is 2. The molecule has 13 heteroatoms. The number of nitrogens with one attached hydrogen (secondary N) is 3. The number of hydrogen-bond acceptors (Lipinski definition) is 4. The van der Waals surface area contributed by atoms with Crippen molar-refractivity contribution in [1.82, 2.24) is 20.5 Å². The van der Waals surface area contributed by atoms with Gasteiger partial charge in [-0.3, -0.25) is 14.4 Å². The molecular formula is C26H26F5N5O3. The largest absolute Gasteiger partial charge is 0.356 e. The number of carbonyl (C=O) groups is 3. The van der Waals surface area contributed by atoms with E-state index in [0.29, 0.717) is 25.5 Å². The maximum absolute atomic E-state index is 14.3. The lowest BCUT2D eigenvalue weighted by atomic mass is 9.90. The number of halogens is 5. The van der Waals surface area contributed by atoms with Crippen LogP contribution in [0.15, 0.2) is 18.2 Å². The highest BCUT2D eigenvalue weighted by molar-refractivity contribution is 6.01. The summed E-state index contributed by atoms with van der Waals surface area (Å²) in [5.41, 5.74) is -0.857. The van der Waals surface area contributed by atoms with Crippen LogP contribution in [0.25, 0.3) is 10.9 Å². The van der Waals surface area contributed by atoms with Gasteiger partial charge in [-0.1, -0.05) is 0 Å². The Balaban J connectivity index is 1.41. The van der Waals surface area contributed by atoms with Crippen molar-refractivity contribution in [2.24, 2.45) is 17.8 Å². The second-order valence-electron chi connectivity index (χ2n) is 10.6. The minimum Gasteiger partial charge on any atom is -0.356 e. The molecule has 208 valence electrons. The van der Waals surface area contributed by atoms with Gasteiger partial charge in [0.25, 0.3) is 12.3 Å². The van der Waals surface area contributed by atoms with Crippen LogP contribution in [0, 0.1) is 34.9 Å². The SMILES string of the molecule is N#C[C@H](C[C@@H]1CCCNC1=O)NC(=O)[C@@H]1[C@H]2CC(F)(F)C[C@H]2CN1C(=O)c1cc2c(C(F)F)cc(F)cc2[nH]1. The summed E-state index contributed by atoms with van der Waals surface area (Å²) >= 11 is 0. The molecule has 1 aromatic carbocycles. The van der Waals surface area contributed by atoms with E-state index < -0.39 is 78.2 Å². The first-order chi connectivity index (χ1) is 18.5. The highest BCUT2D eigenvalue weighted by Crippen LogP contribution is 2.50. The summed E-state index contributed by atoms with van der Waals surface area (Å²) < 4.78 is 69.4. The van der Waals surface area contributed by atoms with Gasteiger partial charge in [0.05, 0.1) is 6.07 Å². The molecule has 2 aromatic rings. The summed E-state index contributed by atoms with van der Waals surface area (Å²) in [5.74, 6) is -7.85. The predicted octanol–water partition coefficient (Wildman–Crippen LogP) is 3.66. The molecule has 39 heavy (non-hydrogen) atoms. The van der Waals surface area contributed by atoms with Gasteiger partial charge in [0.2, 0.25) is 17.7 Å². The van der Waals surface area contributed by atoms with E-state index in [4.69, 9.17) is 0 Å². The van der Waals surface area contributed by atoms with Crippen molar-refractivity contribution in [3.63, 3.8) is 0 Å². The van der Waals surface area contributed by atoms with Crippen LogP contribution in [0.4, 0.5) is 22.0 Å². The number of aromatic nitrogens is 1. The van der Waals surface area contributed by atoms with Crippen molar-refractivity contribution < 1.29 is 36.3 Å². The maximum atomic E-state index is 14.3. The first kappa shape index (κ1) is 26.9. The zero-order valence-corrected chi connectivity index (χ0v) is 20.7. The van der Waals surface area contributed by atoms with Gasteiger partial charge in [-0.25, -0.2) is 22.0 Å². The summed E-state index contributed by atoms with van der Waals surface area (Å²) in [5, 5.41) is 14.8. The summed E-state index contributed by atoms with van der Waals surface area (Å²) in [6, 6.07) is 2.27. The van der Waals surface area contributed by atoms with E-state index in [1.165, 1.54) is 0 Å². The molecule has 2 saturated heterocycles. The van der Waals surface area contributed by atoms with Crippen LogP contribution < -0.4 is 10.6 Å². The smallest absolute Gasteiger partial charge is 0.271 e. The Bertz CT molecular complexity index is 1360. The van der Waals surface area contributed by atoms with Gasteiger partial charge >= 0.3 is 0 Å². The molecule has 0 spiro atoms. The molecular weight excluding hydrogens is 525 g/mol. The van der Waals surface area contributed by atoms with Crippen molar-refractivity contribution in [2.75, 3.05) is 13.1 Å². The number of benzene rings is 1. The van der Waals surface area contributed by atoms with Gasteiger partial charge in [0, 0.05) is 48.3 Å². The monoisotopic (exact) mass is 551 g/mol. The second kappa shape index (κ2) is 10.1. The zero-order valence-electron chi connectivity index (χ0n) is 20.7. The first-order valence-corrected chi connectivity index (χ1v) is 12.7. The Labute approximate surface area is 219 Å². The number of H-pyrrole nitrogens is 1. The predicted molar refractivity (Wildman–Crippen MR) is 127 cm³/mol. The molecule has 1 aromatic heterocycles. The number of aromatic amines is 1. The molecule has 3 aliphatic rings. The average Bonchev–Trinajstić information content (AvgIpc) is 3.53. The van der Waals surface area contributed by atoms with E-state index >= 15 is 0 Å². The lowest BCUT2D eigenvalue weighted by Gasteiger charge is -2.29. The summed E-state index contributed by atoms with van der Waals surface area (Å²) in [4.78, 5) is 42.8. The van der Waals surface area contributed by atoms with E-state index in [1.54, 1.807) is 0 Å². The van der Waals surface area contributed by atoms with E-state index in [0.717, 1.165) is 17.0 Å². The molecule has 1 aliphatic carbocycles.